The van der Waals surface area contributed by atoms with Crippen LogP contribution in [0.5, 0.6) is 0 Å². The molecule has 0 aliphatic heterocycles. The van der Waals surface area contributed by atoms with Gasteiger partial charge in [0.25, 0.3) is 12.0 Å². The first-order chi connectivity index (χ1) is 6.93. The largest absolute Gasteiger partial charge is 0.481 e. The highest BCUT2D eigenvalue weighted by Gasteiger charge is 2.18. The van der Waals surface area contributed by atoms with E-state index in [9.17, 15) is 18.4 Å². The third-order valence-electron chi connectivity index (χ3n) is 2.07. The number of aliphatic carboxylic acids is 1. The minimum Gasteiger partial charge on any atom is -0.481 e. The number of carbonyl (C=O) groups is 1. The van der Waals surface area contributed by atoms with Crippen molar-refractivity contribution in [2.75, 3.05) is 0 Å². The average molecular weight is 217 g/mol. The summed E-state index contributed by atoms with van der Waals surface area (Å²) in [5, 5.41) is 8.51. The van der Waals surface area contributed by atoms with Gasteiger partial charge in [0.05, 0.1) is 12.0 Å². The lowest BCUT2D eigenvalue weighted by molar-refractivity contribution is -0.136. The zero-order chi connectivity index (χ0) is 11.6. The van der Waals surface area contributed by atoms with Crippen molar-refractivity contribution < 1.29 is 18.7 Å². The van der Waals surface area contributed by atoms with Gasteiger partial charge in [-0.25, -0.2) is 8.78 Å². The molecule has 82 valence electrons. The number of hydrogen-bond donors (Lipinski definition) is 2. The molecule has 0 radical (unpaired) electrons. The molecule has 0 aliphatic carbocycles. The summed E-state index contributed by atoms with van der Waals surface area (Å²) in [5.74, 6) is -1.13. The number of carboxylic acids is 1. The summed E-state index contributed by atoms with van der Waals surface area (Å²) in [5.41, 5.74) is -1.31. The summed E-state index contributed by atoms with van der Waals surface area (Å²) >= 11 is 0. The Labute approximate surface area is 83.6 Å². The van der Waals surface area contributed by atoms with Crippen molar-refractivity contribution in [1.29, 1.82) is 0 Å². The lowest BCUT2D eigenvalue weighted by Crippen LogP contribution is -2.17. The Bertz CT molecular complexity index is 439. The van der Waals surface area contributed by atoms with Gasteiger partial charge in [0.2, 0.25) is 0 Å². The number of aromatic amines is 1. The Hall–Kier alpha value is -1.72. The SMILES string of the molecule is Cc1c(CC(=O)O)c[nH]c(=O)c1C(F)F. The number of hydrogen-bond acceptors (Lipinski definition) is 2. The second-order valence-electron chi connectivity index (χ2n) is 3.05. The highest BCUT2D eigenvalue weighted by atomic mass is 19.3. The van der Waals surface area contributed by atoms with Gasteiger partial charge >= 0.3 is 5.97 Å². The monoisotopic (exact) mass is 217 g/mol. The smallest absolute Gasteiger partial charge is 0.307 e. The zero-order valence-corrected chi connectivity index (χ0v) is 7.88. The predicted octanol–water partition coefficient (Wildman–Crippen LogP) is 1.25. The fourth-order valence-corrected chi connectivity index (χ4v) is 1.29. The standard InChI is InChI=1S/C9H9F2NO3/c1-4-5(2-6(13)14)3-12-9(15)7(4)8(10)11/h3,8H,2H2,1H3,(H,12,15)(H,13,14). The molecule has 0 amide bonds. The van der Waals surface area contributed by atoms with E-state index in [4.69, 9.17) is 5.11 Å². The van der Waals surface area contributed by atoms with E-state index in [0.717, 1.165) is 6.20 Å². The van der Waals surface area contributed by atoms with E-state index in [1.807, 2.05) is 0 Å². The lowest BCUT2D eigenvalue weighted by Gasteiger charge is -2.07. The minimum absolute atomic E-state index is 0.0381. The lowest BCUT2D eigenvalue weighted by atomic mass is 10.0. The van der Waals surface area contributed by atoms with E-state index < -0.39 is 23.5 Å². The molecule has 0 unspecified atom stereocenters. The number of halogens is 2. The average Bonchev–Trinajstić information content (AvgIpc) is 2.09. The molecule has 2 N–H and O–H groups in total. The zero-order valence-electron chi connectivity index (χ0n) is 7.88. The fourth-order valence-electron chi connectivity index (χ4n) is 1.29. The van der Waals surface area contributed by atoms with Crippen molar-refractivity contribution in [3.8, 4) is 0 Å². The van der Waals surface area contributed by atoms with Crippen LogP contribution in [-0.4, -0.2) is 16.1 Å². The van der Waals surface area contributed by atoms with Gasteiger partial charge in [0, 0.05) is 6.20 Å². The first kappa shape index (κ1) is 11.4. The Morgan fingerprint density at radius 1 is 1.60 bits per heavy atom. The van der Waals surface area contributed by atoms with Crippen LogP contribution in [0.2, 0.25) is 0 Å². The van der Waals surface area contributed by atoms with Gasteiger partial charge < -0.3 is 10.1 Å². The number of carboxylic acid groups (broad SMARTS) is 1. The molecule has 0 fully saturated rings. The summed E-state index contributed by atoms with van der Waals surface area (Å²) < 4.78 is 24.9. The van der Waals surface area contributed by atoms with Gasteiger partial charge in [0.15, 0.2) is 0 Å². The molecule has 0 aliphatic rings. The molecule has 6 heteroatoms. The number of rotatable bonds is 3. The Kier molecular flexibility index (Phi) is 3.18. The number of nitrogens with one attached hydrogen (secondary N) is 1. The van der Waals surface area contributed by atoms with Crippen molar-refractivity contribution in [2.24, 2.45) is 0 Å². The fraction of sp³-hybridized carbons (Fsp3) is 0.333. The van der Waals surface area contributed by atoms with Gasteiger partial charge in [-0.05, 0) is 18.1 Å². The van der Waals surface area contributed by atoms with Crippen molar-refractivity contribution in [2.45, 2.75) is 19.8 Å². The molecule has 1 heterocycles. The second-order valence-corrected chi connectivity index (χ2v) is 3.05. The maximum absolute atomic E-state index is 12.4. The second kappa shape index (κ2) is 4.20. The number of aromatic nitrogens is 1. The van der Waals surface area contributed by atoms with E-state index in [2.05, 4.69) is 4.98 Å². The summed E-state index contributed by atoms with van der Waals surface area (Å²) in [6.07, 6.45) is -2.14. The molecule has 0 bridgehead atoms. The van der Waals surface area contributed by atoms with Crippen LogP contribution in [0.1, 0.15) is 23.1 Å². The van der Waals surface area contributed by atoms with E-state index >= 15 is 0 Å². The van der Waals surface area contributed by atoms with Crippen LogP contribution in [0.4, 0.5) is 8.78 Å². The maximum atomic E-state index is 12.4. The molecule has 4 nitrogen and oxygen atoms in total. The molecule has 0 saturated heterocycles. The third-order valence-corrected chi connectivity index (χ3v) is 2.07. The Morgan fingerprint density at radius 2 is 2.20 bits per heavy atom. The first-order valence-corrected chi connectivity index (χ1v) is 4.14. The van der Waals surface area contributed by atoms with Gasteiger partial charge in [-0.15, -0.1) is 0 Å². The topological polar surface area (TPSA) is 70.2 Å². The van der Waals surface area contributed by atoms with Crippen LogP contribution in [-0.2, 0) is 11.2 Å². The summed E-state index contributed by atoms with van der Waals surface area (Å²) in [6, 6.07) is 0. The van der Waals surface area contributed by atoms with Crippen LogP contribution >= 0.6 is 0 Å². The molecular weight excluding hydrogens is 208 g/mol. The quantitative estimate of drug-likeness (QED) is 0.800. The highest BCUT2D eigenvalue weighted by Crippen LogP contribution is 2.20. The number of H-pyrrole nitrogens is 1. The third kappa shape index (κ3) is 2.39. The van der Waals surface area contributed by atoms with Crippen LogP contribution < -0.4 is 5.56 Å². The van der Waals surface area contributed by atoms with Gasteiger partial charge in [-0.3, -0.25) is 9.59 Å². The molecular formula is C9H9F2NO3. The Morgan fingerprint density at radius 3 is 2.67 bits per heavy atom. The minimum atomic E-state index is -2.90. The van der Waals surface area contributed by atoms with Gasteiger partial charge in [0.1, 0.15) is 0 Å². The normalized spacial score (nSPS) is 10.7. The number of alkyl halides is 2. The number of pyridine rings is 1. The summed E-state index contributed by atoms with van der Waals surface area (Å²) in [4.78, 5) is 23.5. The van der Waals surface area contributed by atoms with Crippen LogP contribution in [0.3, 0.4) is 0 Å². The molecule has 1 aromatic rings. The Balaban J connectivity index is 3.28. The molecule has 0 atom stereocenters. The van der Waals surface area contributed by atoms with E-state index in [1.54, 1.807) is 0 Å². The van der Waals surface area contributed by atoms with Gasteiger partial charge in [-0.2, -0.15) is 0 Å². The molecule has 0 spiro atoms. The molecule has 1 rings (SSSR count). The molecule has 0 saturated carbocycles. The van der Waals surface area contributed by atoms with E-state index in [0.29, 0.717) is 0 Å². The first-order valence-electron chi connectivity index (χ1n) is 4.14. The highest BCUT2D eigenvalue weighted by molar-refractivity contribution is 5.70. The van der Waals surface area contributed by atoms with E-state index in [1.165, 1.54) is 6.92 Å². The van der Waals surface area contributed by atoms with Crippen molar-refractivity contribution in [3.63, 3.8) is 0 Å². The van der Waals surface area contributed by atoms with Crippen LogP contribution in [0.15, 0.2) is 11.0 Å². The predicted molar refractivity (Wildman–Crippen MR) is 48.1 cm³/mol. The van der Waals surface area contributed by atoms with Crippen molar-refractivity contribution >= 4 is 5.97 Å². The van der Waals surface area contributed by atoms with Crippen LogP contribution in [0, 0.1) is 6.92 Å². The van der Waals surface area contributed by atoms with E-state index in [-0.39, 0.29) is 17.5 Å². The molecule has 0 aromatic carbocycles. The molecule has 15 heavy (non-hydrogen) atoms. The molecule has 1 aromatic heterocycles. The van der Waals surface area contributed by atoms with Crippen LogP contribution in [0.25, 0.3) is 0 Å². The summed E-state index contributed by atoms with van der Waals surface area (Å²) in [6.45, 7) is 1.31. The maximum Gasteiger partial charge on any atom is 0.307 e. The van der Waals surface area contributed by atoms with Gasteiger partial charge in [-0.1, -0.05) is 0 Å². The van der Waals surface area contributed by atoms with Crippen molar-refractivity contribution in [3.05, 3.63) is 33.2 Å². The van der Waals surface area contributed by atoms with Crippen molar-refractivity contribution in [1.82, 2.24) is 4.98 Å². The summed E-state index contributed by atoms with van der Waals surface area (Å²) in [7, 11) is 0.